The van der Waals surface area contributed by atoms with Crippen LogP contribution >= 0.6 is 7.92 Å². The molecule has 29 heavy (non-hydrogen) atoms. The number of nitrogens with zero attached hydrogens (tertiary/aromatic N) is 1. The minimum atomic E-state index is -0.643. The summed E-state index contributed by atoms with van der Waals surface area (Å²) in [4.78, 5) is 4.88. The molecule has 142 valence electrons. The van der Waals surface area contributed by atoms with Gasteiger partial charge >= 0.3 is 0 Å². The summed E-state index contributed by atoms with van der Waals surface area (Å²) in [7, 11) is -0.643. The van der Waals surface area contributed by atoms with Gasteiger partial charge in [-0.2, -0.15) is 0 Å². The number of aliphatic imine (C=N–C) groups is 1. The molecular weight excluding hydrogens is 369 g/mol. The zero-order valence-electron chi connectivity index (χ0n) is 16.5. The van der Waals surface area contributed by atoms with Gasteiger partial charge in [0, 0.05) is 11.8 Å². The lowest BCUT2D eigenvalue weighted by Gasteiger charge is -2.21. The second-order valence-corrected chi connectivity index (χ2v) is 9.12. The standard InChI is InChI=1S/C27H24NP/c1-22(23-13-5-2-6-14-23)28-21-24-15-11-12-20-27(24)29(25-16-7-3-8-17-25)26-18-9-4-10-19-26/h2-22H,1H3/t22-/m0/s1. The van der Waals surface area contributed by atoms with E-state index < -0.39 is 7.92 Å². The van der Waals surface area contributed by atoms with E-state index in [-0.39, 0.29) is 6.04 Å². The van der Waals surface area contributed by atoms with Crippen molar-refractivity contribution in [1.82, 2.24) is 0 Å². The average molecular weight is 393 g/mol. The maximum absolute atomic E-state index is 4.88. The highest BCUT2D eigenvalue weighted by Crippen LogP contribution is 2.33. The smallest absolute Gasteiger partial charge is 0.0721 e. The molecule has 0 aromatic heterocycles. The van der Waals surface area contributed by atoms with Crippen LogP contribution in [0.15, 0.2) is 120 Å². The lowest BCUT2D eigenvalue weighted by Crippen LogP contribution is -2.23. The minimum absolute atomic E-state index is 0.129. The first-order valence-corrected chi connectivity index (χ1v) is 11.2. The van der Waals surface area contributed by atoms with Crippen molar-refractivity contribution in [1.29, 1.82) is 0 Å². The van der Waals surface area contributed by atoms with E-state index in [0.29, 0.717) is 0 Å². The molecule has 2 heteroatoms. The van der Waals surface area contributed by atoms with Crippen molar-refractivity contribution in [2.75, 3.05) is 0 Å². The molecule has 0 saturated heterocycles. The SMILES string of the molecule is C[C@H](N=Cc1ccccc1P(c1ccccc1)c1ccccc1)c1ccccc1. The molecule has 4 aromatic rings. The van der Waals surface area contributed by atoms with Crippen LogP contribution in [-0.4, -0.2) is 6.21 Å². The molecule has 0 saturated carbocycles. The fourth-order valence-electron chi connectivity index (χ4n) is 3.39. The summed E-state index contributed by atoms with van der Waals surface area (Å²) in [5.74, 6) is 0. The third kappa shape index (κ3) is 4.70. The third-order valence-electron chi connectivity index (χ3n) is 4.93. The predicted octanol–water partition coefficient (Wildman–Crippen LogP) is 5.62. The van der Waals surface area contributed by atoms with Gasteiger partial charge in [0.05, 0.1) is 6.04 Å². The molecule has 0 radical (unpaired) electrons. The first-order valence-electron chi connectivity index (χ1n) is 9.90. The van der Waals surface area contributed by atoms with Crippen molar-refractivity contribution < 1.29 is 0 Å². The van der Waals surface area contributed by atoms with E-state index in [1.165, 1.54) is 27.0 Å². The molecule has 1 atom stereocenters. The number of hydrogen-bond donors (Lipinski definition) is 0. The first kappa shape index (κ1) is 19.3. The highest BCUT2D eigenvalue weighted by Gasteiger charge is 2.18. The Morgan fingerprint density at radius 1 is 0.621 bits per heavy atom. The van der Waals surface area contributed by atoms with Gasteiger partial charge in [0.15, 0.2) is 0 Å². The Morgan fingerprint density at radius 2 is 1.10 bits per heavy atom. The van der Waals surface area contributed by atoms with Gasteiger partial charge in [-0.05, 0) is 36.3 Å². The molecule has 4 rings (SSSR count). The summed E-state index contributed by atoms with van der Waals surface area (Å²) in [5.41, 5.74) is 2.42. The Bertz CT molecular complexity index is 1020. The molecule has 0 amide bonds. The van der Waals surface area contributed by atoms with Crippen LogP contribution in [-0.2, 0) is 0 Å². The van der Waals surface area contributed by atoms with Gasteiger partial charge in [0.25, 0.3) is 0 Å². The largest absolute Gasteiger partial charge is 0.285 e. The molecule has 0 N–H and O–H groups in total. The van der Waals surface area contributed by atoms with Gasteiger partial charge < -0.3 is 0 Å². The van der Waals surface area contributed by atoms with Gasteiger partial charge in [-0.15, -0.1) is 0 Å². The molecule has 0 aliphatic carbocycles. The molecule has 0 aliphatic heterocycles. The molecule has 0 unspecified atom stereocenters. The van der Waals surface area contributed by atoms with Crippen LogP contribution in [0.25, 0.3) is 0 Å². The summed E-state index contributed by atoms with van der Waals surface area (Å²) in [6, 6.07) is 40.8. The summed E-state index contributed by atoms with van der Waals surface area (Å²) < 4.78 is 0. The highest BCUT2D eigenvalue weighted by atomic mass is 31.1. The maximum atomic E-state index is 4.88. The zero-order chi connectivity index (χ0) is 19.9. The first-order chi connectivity index (χ1) is 14.3. The second-order valence-electron chi connectivity index (χ2n) is 6.93. The highest BCUT2D eigenvalue weighted by molar-refractivity contribution is 7.80. The van der Waals surface area contributed by atoms with E-state index in [9.17, 15) is 0 Å². The molecular formula is C27H24NP. The summed E-state index contributed by atoms with van der Waals surface area (Å²) in [6.45, 7) is 2.14. The van der Waals surface area contributed by atoms with Gasteiger partial charge in [0.1, 0.15) is 0 Å². The molecule has 0 aliphatic rings. The van der Waals surface area contributed by atoms with Crippen LogP contribution in [0.4, 0.5) is 0 Å². The van der Waals surface area contributed by atoms with Crippen LogP contribution in [0.1, 0.15) is 24.1 Å². The predicted molar refractivity (Wildman–Crippen MR) is 128 cm³/mol. The molecule has 1 nitrogen and oxygen atoms in total. The lowest BCUT2D eigenvalue weighted by molar-refractivity contribution is 0.825. The van der Waals surface area contributed by atoms with Crippen molar-refractivity contribution in [2.24, 2.45) is 4.99 Å². The fourth-order valence-corrected chi connectivity index (χ4v) is 5.81. The van der Waals surface area contributed by atoms with E-state index >= 15 is 0 Å². The van der Waals surface area contributed by atoms with E-state index in [1.807, 2.05) is 12.3 Å². The average Bonchev–Trinajstić information content (AvgIpc) is 2.80. The van der Waals surface area contributed by atoms with E-state index in [1.54, 1.807) is 0 Å². The maximum Gasteiger partial charge on any atom is 0.0721 e. The topological polar surface area (TPSA) is 12.4 Å². The molecule has 0 bridgehead atoms. The van der Waals surface area contributed by atoms with Crippen LogP contribution in [0.5, 0.6) is 0 Å². The van der Waals surface area contributed by atoms with Gasteiger partial charge in [0.2, 0.25) is 0 Å². The van der Waals surface area contributed by atoms with E-state index in [4.69, 9.17) is 4.99 Å². The number of hydrogen-bond acceptors (Lipinski definition) is 1. The molecule has 0 spiro atoms. The molecule has 0 heterocycles. The Labute approximate surface area is 174 Å². The minimum Gasteiger partial charge on any atom is -0.285 e. The zero-order valence-corrected chi connectivity index (χ0v) is 17.4. The van der Waals surface area contributed by atoms with Crippen LogP contribution in [0.3, 0.4) is 0 Å². The Balaban J connectivity index is 1.74. The molecule has 0 fully saturated rings. The Kier molecular flexibility index (Phi) is 6.29. The van der Waals surface area contributed by atoms with Crippen molar-refractivity contribution in [2.45, 2.75) is 13.0 Å². The van der Waals surface area contributed by atoms with E-state index in [0.717, 1.165) is 0 Å². The van der Waals surface area contributed by atoms with Crippen LogP contribution in [0.2, 0.25) is 0 Å². The fraction of sp³-hybridized carbons (Fsp3) is 0.0741. The van der Waals surface area contributed by atoms with Gasteiger partial charge in [-0.1, -0.05) is 115 Å². The summed E-state index contributed by atoms with van der Waals surface area (Å²) >= 11 is 0. The van der Waals surface area contributed by atoms with Gasteiger partial charge in [-0.25, -0.2) is 0 Å². The monoisotopic (exact) mass is 393 g/mol. The second kappa shape index (κ2) is 9.45. The normalized spacial score (nSPS) is 12.3. The van der Waals surface area contributed by atoms with Crippen molar-refractivity contribution in [3.63, 3.8) is 0 Å². The van der Waals surface area contributed by atoms with Crippen molar-refractivity contribution >= 4 is 30.0 Å². The van der Waals surface area contributed by atoms with Crippen LogP contribution in [0, 0.1) is 0 Å². The van der Waals surface area contributed by atoms with E-state index in [2.05, 4.69) is 116 Å². The quantitative estimate of drug-likeness (QED) is 0.298. The van der Waals surface area contributed by atoms with Crippen LogP contribution < -0.4 is 15.9 Å². The molecule has 4 aromatic carbocycles. The number of benzene rings is 4. The summed E-state index contributed by atoms with van der Waals surface area (Å²) in [5, 5.41) is 4.04. The summed E-state index contributed by atoms with van der Waals surface area (Å²) in [6.07, 6.45) is 2.05. The third-order valence-corrected chi connectivity index (χ3v) is 7.44. The van der Waals surface area contributed by atoms with Crippen molar-refractivity contribution in [3.05, 3.63) is 126 Å². The Morgan fingerprint density at radius 3 is 1.69 bits per heavy atom. The number of rotatable bonds is 6. The van der Waals surface area contributed by atoms with Gasteiger partial charge in [-0.3, -0.25) is 4.99 Å². The Hall–Kier alpha value is -3.02. The lowest BCUT2D eigenvalue weighted by atomic mass is 10.1. The van der Waals surface area contributed by atoms with Crippen molar-refractivity contribution in [3.8, 4) is 0 Å².